The van der Waals surface area contributed by atoms with Crippen molar-refractivity contribution in [1.29, 1.82) is 0 Å². The predicted molar refractivity (Wildman–Crippen MR) is 136 cm³/mol. The molecule has 0 aliphatic rings. The molecule has 0 aliphatic carbocycles. The van der Waals surface area contributed by atoms with E-state index in [0.29, 0.717) is 17.7 Å². The number of nitrogens with two attached hydrogens (primary N) is 3. The first-order valence-electron chi connectivity index (χ1n) is 11.7. The van der Waals surface area contributed by atoms with Crippen LogP contribution in [0.25, 0.3) is 0 Å². The van der Waals surface area contributed by atoms with Crippen molar-refractivity contribution < 1.29 is 29.4 Å². The van der Waals surface area contributed by atoms with E-state index >= 15 is 0 Å². The Kier molecular flexibility index (Phi) is 11.5. The summed E-state index contributed by atoms with van der Waals surface area (Å²) >= 11 is 0. The highest BCUT2D eigenvalue weighted by Crippen LogP contribution is 2.11. The lowest BCUT2D eigenvalue weighted by atomic mass is 10.0. The molecule has 0 radical (unpaired) electrons. The van der Waals surface area contributed by atoms with Gasteiger partial charge in [-0.2, -0.15) is 0 Å². The number of carboxylic acid groups (broad SMARTS) is 1. The zero-order chi connectivity index (χ0) is 28.1. The number of aromatic nitrogens is 2. The van der Waals surface area contributed by atoms with E-state index in [2.05, 4.69) is 30.9 Å². The average molecular weight is 532 g/mol. The van der Waals surface area contributed by atoms with Crippen molar-refractivity contribution in [2.45, 2.75) is 43.8 Å². The number of benzene rings is 1. The monoisotopic (exact) mass is 531 g/mol. The van der Waals surface area contributed by atoms with Crippen LogP contribution < -0.4 is 33.2 Å². The highest BCUT2D eigenvalue weighted by atomic mass is 16.4. The lowest BCUT2D eigenvalue weighted by Crippen LogP contribution is -2.57. The molecule has 15 nitrogen and oxygen atoms in total. The van der Waals surface area contributed by atoms with Crippen LogP contribution in [-0.4, -0.2) is 81.0 Å². The van der Waals surface area contributed by atoms with Gasteiger partial charge in [-0.3, -0.25) is 24.2 Å². The maximum absolute atomic E-state index is 13.2. The molecule has 2 aromatic rings. The Morgan fingerprint density at radius 3 is 2.29 bits per heavy atom. The van der Waals surface area contributed by atoms with Crippen LogP contribution in [0.1, 0.15) is 24.1 Å². The molecule has 0 saturated carbocycles. The lowest BCUT2D eigenvalue weighted by Gasteiger charge is -2.24. The smallest absolute Gasteiger partial charge is 0.322 e. The molecule has 15 heteroatoms. The van der Waals surface area contributed by atoms with Gasteiger partial charge >= 0.3 is 5.97 Å². The van der Waals surface area contributed by atoms with Gasteiger partial charge in [0.1, 0.15) is 24.4 Å². The second kappa shape index (κ2) is 14.8. The highest BCUT2D eigenvalue weighted by molar-refractivity contribution is 5.93. The van der Waals surface area contributed by atoms with Crippen molar-refractivity contribution in [1.82, 2.24) is 25.9 Å². The number of carbonyl (C=O) groups excluding carboxylic acids is 3. The van der Waals surface area contributed by atoms with Crippen molar-refractivity contribution in [2.24, 2.45) is 22.2 Å². The Labute approximate surface area is 218 Å². The number of phenols is 1. The van der Waals surface area contributed by atoms with Crippen molar-refractivity contribution >= 4 is 29.7 Å². The number of nitrogens with one attached hydrogen (secondary N) is 4. The fourth-order valence-electron chi connectivity index (χ4n) is 3.41. The fourth-order valence-corrected chi connectivity index (χ4v) is 3.41. The minimum absolute atomic E-state index is 0.0148. The Hall–Kier alpha value is -4.66. The number of aliphatic carboxylic acids is 1. The highest BCUT2D eigenvalue weighted by Gasteiger charge is 2.29. The van der Waals surface area contributed by atoms with Crippen molar-refractivity contribution in [3.8, 4) is 5.75 Å². The number of hydrogen-bond acceptors (Lipinski definition) is 8. The Balaban J connectivity index is 2.13. The molecular formula is C23H33N9O6. The van der Waals surface area contributed by atoms with Crippen LogP contribution in [0.15, 0.2) is 41.8 Å². The number of aromatic amines is 1. The molecule has 1 aromatic heterocycles. The minimum atomic E-state index is -1.25. The molecule has 3 unspecified atom stereocenters. The molecule has 0 fully saturated rings. The summed E-state index contributed by atoms with van der Waals surface area (Å²) in [4.78, 5) is 60.1. The summed E-state index contributed by atoms with van der Waals surface area (Å²) in [5.41, 5.74) is 17.9. The van der Waals surface area contributed by atoms with Gasteiger partial charge < -0.3 is 48.3 Å². The molecule has 12 N–H and O–H groups in total. The maximum Gasteiger partial charge on any atom is 0.322 e. The van der Waals surface area contributed by atoms with Gasteiger partial charge in [-0.1, -0.05) is 12.1 Å². The summed E-state index contributed by atoms with van der Waals surface area (Å²) in [7, 11) is 0. The van der Waals surface area contributed by atoms with Crippen LogP contribution in [0.5, 0.6) is 5.75 Å². The number of amides is 3. The quantitative estimate of drug-likeness (QED) is 0.0659. The molecule has 2 rings (SSSR count). The normalized spacial score (nSPS) is 13.0. The Morgan fingerprint density at radius 1 is 1.00 bits per heavy atom. The Morgan fingerprint density at radius 2 is 1.68 bits per heavy atom. The van der Waals surface area contributed by atoms with Crippen LogP contribution in [0.4, 0.5) is 0 Å². The van der Waals surface area contributed by atoms with Crippen molar-refractivity contribution in [3.63, 3.8) is 0 Å². The van der Waals surface area contributed by atoms with Gasteiger partial charge in [0.05, 0.1) is 12.4 Å². The minimum Gasteiger partial charge on any atom is -0.508 e. The van der Waals surface area contributed by atoms with E-state index in [1.165, 1.54) is 24.7 Å². The number of hydrogen-bond donors (Lipinski definition) is 9. The number of phenolic OH excluding ortho intramolecular Hbond substituents is 1. The Bertz CT molecular complexity index is 1100. The second-order valence-corrected chi connectivity index (χ2v) is 8.44. The van der Waals surface area contributed by atoms with Crippen LogP contribution in [0.2, 0.25) is 0 Å². The van der Waals surface area contributed by atoms with E-state index in [1.54, 1.807) is 12.1 Å². The molecule has 3 amide bonds. The van der Waals surface area contributed by atoms with E-state index in [1.807, 2.05) is 0 Å². The SMILES string of the molecule is NC(N)=NCCCC(NC(=O)C(Cc1cnc[nH]1)NC(=O)C(N)Cc1ccc(O)cc1)C(=O)NCC(=O)O. The summed E-state index contributed by atoms with van der Waals surface area (Å²) in [6.07, 6.45) is 3.46. The molecule has 0 saturated heterocycles. The molecule has 0 aliphatic heterocycles. The number of carbonyl (C=O) groups is 4. The third-order valence-corrected chi connectivity index (χ3v) is 5.33. The van der Waals surface area contributed by atoms with Gasteiger partial charge in [-0.15, -0.1) is 0 Å². The number of rotatable bonds is 15. The molecule has 0 spiro atoms. The summed E-state index contributed by atoms with van der Waals surface area (Å²) in [5, 5.41) is 25.7. The summed E-state index contributed by atoms with van der Waals surface area (Å²) in [6, 6.07) is 2.92. The number of aromatic hydroxyl groups is 1. The second-order valence-electron chi connectivity index (χ2n) is 8.44. The molecule has 0 bridgehead atoms. The molecule has 1 heterocycles. The molecule has 3 atom stereocenters. The number of carboxylic acids is 1. The van der Waals surface area contributed by atoms with Gasteiger partial charge in [-0.25, -0.2) is 4.98 Å². The molecule has 1 aromatic carbocycles. The first kappa shape index (κ1) is 29.6. The first-order chi connectivity index (χ1) is 18.0. The number of guanidine groups is 1. The van der Waals surface area contributed by atoms with Crippen LogP contribution >= 0.6 is 0 Å². The van der Waals surface area contributed by atoms with Crippen LogP contribution in [0.3, 0.4) is 0 Å². The van der Waals surface area contributed by atoms with Gasteiger partial charge in [0.2, 0.25) is 17.7 Å². The molecule has 206 valence electrons. The zero-order valence-corrected chi connectivity index (χ0v) is 20.6. The number of aliphatic imine (C=N–C) groups is 1. The van der Waals surface area contributed by atoms with Gasteiger partial charge in [-0.05, 0) is 37.0 Å². The predicted octanol–water partition coefficient (Wildman–Crippen LogP) is -2.55. The van der Waals surface area contributed by atoms with E-state index in [0.717, 1.165) is 0 Å². The van der Waals surface area contributed by atoms with Gasteiger partial charge in [0, 0.05) is 24.9 Å². The topological polar surface area (TPSA) is 264 Å². The number of nitrogens with zero attached hydrogens (tertiary/aromatic N) is 2. The summed E-state index contributed by atoms with van der Waals surface area (Å²) in [6.45, 7) is -0.457. The van der Waals surface area contributed by atoms with Crippen molar-refractivity contribution in [3.05, 3.63) is 48.0 Å². The average Bonchev–Trinajstić information content (AvgIpc) is 3.38. The molecule has 38 heavy (non-hydrogen) atoms. The fraction of sp³-hybridized carbons (Fsp3) is 0.391. The van der Waals surface area contributed by atoms with Gasteiger partial charge in [0.25, 0.3) is 0 Å². The lowest BCUT2D eigenvalue weighted by molar-refractivity contribution is -0.138. The van der Waals surface area contributed by atoms with E-state index in [9.17, 15) is 24.3 Å². The van der Waals surface area contributed by atoms with E-state index in [-0.39, 0.29) is 37.5 Å². The van der Waals surface area contributed by atoms with Crippen LogP contribution in [-0.2, 0) is 32.0 Å². The summed E-state index contributed by atoms with van der Waals surface area (Å²) < 4.78 is 0. The van der Waals surface area contributed by atoms with E-state index < -0.39 is 48.4 Å². The zero-order valence-electron chi connectivity index (χ0n) is 20.6. The summed E-state index contributed by atoms with van der Waals surface area (Å²) in [5.74, 6) is -3.34. The number of H-pyrrole nitrogens is 1. The maximum atomic E-state index is 13.2. The third kappa shape index (κ3) is 10.5. The van der Waals surface area contributed by atoms with Crippen molar-refractivity contribution in [2.75, 3.05) is 13.1 Å². The third-order valence-electron chi connectivity index (χ3n) is 5.33. The largest absolute Gasteiger partial charge is 0.508 e. The standard InChI is InChI=1S/C23H33N9O6/c24-16(8-13-3-5-15(33)6-4-13)20(36)32-18(9-14-10-27-12-30-14)22(38)31-17(2-1-7-28-23(25)26)21(37)29-11-19(34)35/h3-6,10,12,16-18,33H,1-2,7-9,11,24H2,(H,27,30)(H,29,37)(H,31,38)(H,32,36)(H,34,35)(H4,25,26,28). The van der Waals surface area contributed by atoms with E-state index in [4.69, 9.17) is 22.3 Å². The first-order valence-corrected chi connectivity index (χ1v) is 11.7. The van der Waals surface area contributed by atoms with Crippen LogP contribution in [0, 0.1) is 0 Å². The molecular weight excluding hydrogens is 498 g/mol. The van der Waals surface area contributed by atoms with Gasteiger partial charge in [0.15, 0.2) is 5.96 Å². The number of imidazole rings is 1.